The van der Waals surface area contributed by atoms with Crippen LogP contribution in [0.4, 0.5) is 0 Å². The van der Waals surface area contributed by atoms with Gasteiger partial charge in [0.15, 0.2) is 6.29 Å². The highest BCUT2D eigenvalue weighted by molar-refractivity contribution is 5.21. The summed E-state index contributed by atoms with van der Waals surface area (Å²) >= 11 is 0. The highest BCUT2D eigenvalue weighted by Gasteiger charge is 2.58. The molecule has 2 aliphatic rings. The van der Waals surface area contributed by atoms with Gasteiger partial charge in [0, 0.05) is 5.92 Å². The van der Waals surface area contributed by atoms with Crippen molar-refractivity contribution in [2.24, 2.45) is 5.92 Å². The minimum Gasteiger partial charge on any atom is -0.374 e. The molecule has 10 heteroatoms. The van der Waals surface area contributed by atoms with Crippen molar-refractivity contribution in [2.75, 3.05) is 6.61 Å². The van der Waals surface area contributed by atoms with Crippen LogP contribution in [0.5, 0.6) is 0 Å². The quantitative estimate of drug-likeness (QED) is 0.0422. The summed E-state index contributed by atoms with van der Waals surface area (Å²) < 4.78 is 72.7. The molecule has 8 aromatic rings. The molecule has 1 saturated carbocycles. The minimum absolute atomic E-state index is 0.174. The lowest BCUT2D eigenvalue weighted by molar-refractivity contribution is -0.353. The Balaban J connectivity index is 1.09. The van der Waals surface area contributed by atoms with Crippen molar-refractivity contribution in [3.63, 3.8) is 0 Å². The zero-order chi connectivity index (χ0) is 55.1. The fourth-order valence-corrected chi connectivity index (χ4v) is 10.7. The Morgan fingerprint density at radius 2 is 0.543 bits per heavy atom. The monoisotopic (exact) mass is 1090 g/mol. The van der Waals surface area contributed by atoms with E-state index in [-0.39, 0.29) is 39.6 Å². The van der Waals surface area contributed by atoms with Gasteiger partial charge < -0.3 is 47.4 Å². The van der Waals surface area contributed by atoms with Crippen molar-refractivity contribution in [3.8, 4) is 0 Å². The van der Waals surface area contributed by atoms with Crippen LogP contribution < -0.4 is 0 Å². The van der Waals surface area contributed by atoms with Gasteiger partial charge in [-0.05, 0) is 50.9 Å². The lowest BCUT2D eigenvalue weighted by atomic mass is 9.82. The van der Waals surface area contributed by atoms with Crippen LogP contribution in [0.2, 0.25) is 0 Å². The van der Waals surface area contributed by atoms with E-state index < -0.39 is 67.1 Å². The van der Waals surface area contributed by atoms with E-state index in [2.05, 4.69) is 104 Å². The van der Waals surface area contributed by atoms with Gasteiger partial charge in [0.2, 0.25) is 0 Å². The van der Waals surface area contributed by atoms with E-state index in [4.69, 9.17) is 47.4 Å². The smallest absolute Gasteiger partial charge is 0.164 e. The van der Waals surface area contributed by atoms with Crippen molar-refractivity contribution in [2.45, 2.75) is 121 Å². The Hall–Kier alpha value is -6.90. The molecule has 8 aromatic carbocycles. The fourth-order valence-electron chi connectivity index (χ4n) is 10.7. The first-order valence-corrected chi connectivity index (χ1v) is 28.3. The Labute approximate surface area is 478 Å². The summed E-state index contributed by atoms with van der Waals surface area (Å²) in [5, 5.41) is 0. The molecule has 0 radical (unpaired) electrons. The molecular formula is C71H74O10. The topological polar surface area (TPSA) is 92.3 Å². The summed E-state index contributed by atoms with van der Waals surface area (Å²) in [6.07, 6.45) is -5.31. The highest BCUT2D eigenvalue weighted by Crippen LogP contribution is 2.41. The molecule has 1 aliphatic heterocycles. The zero-order valence-electron chi connectivity index (χ0n) is 45.9. The predicted molar refractivity (Wildman–Crippen MR) is 313 cm³/mol. The maximum Gasteiger partial charge on any atom is 0.164 e. The molecule has 418 valence electrons. The second-order valence-corrected chi connectivity index (χ2v) is 20.7. The largest absolute Gasteiger partial charge is 0.374 e. The van der Waals surface area contributed by atoms with Crippen LogP contribution >= 0.6 is 0 Å². The summed E-state index contributed by atoms with van der Waals surface area (Å²) in [7, 11) is 0. The standard InChI is InChI=1S/C71H74O10/c1-2-27-61-63(73-45-54-30-13-4-14-31-54)64(74-46-55-32-15-5-16-33-55)62(52-72-44-53-28-11-3-12-29-53)80-71(61)81-70-68(78-50-59-40-23-9-24-41-59)66(76-48-57-36-19-7-20-37-57)65(75-47-56-34-17-6-18-35-56)67(77-49-58-38-21-8-22-39-58)69(70)79-51-60-42-25-10-26-43-60/h2-26,28-43,61-71H,1,27,44-52H2/t61-,62-,63-,64-,65?,66-,67+,68-,69-,70?,71-/m1/s1. The van der Waals surface area contributed by atoms with Gasteiger partial charge in [-0.3, -0.25) is 0 Å². The molecule has 0 N–H and O–H groups in total. The minimum atomic E-state index is -0.951. The van der Waals surface area contributed by atoms with Gasteiger partial charge in [-0.2, -0.15) is 0 Å². The van der Waals surface area contributed by atoms with E-state index in [0.717, 1.165) is 44.5 Å². The van der Waals surface area contributed by atoms with Crippen LogP contribution in [-0.2, 0) is 100 Å². The molecular weight excluding hydrogens is 1010 g/mol. The molecule has 2 unspecified atom stereocenters. The number of benzene rings is 8. The molecule has 10 rings (SSSR count). The summed E-state index contributed by atoms with van der Waals surface area (Å²) in [6.45, 7) is 6.74. The average molecular weight is 1090 g/mol. The molecule has 1 saturated heterocycles. The van der Waals surface area contributed by atoms with Gasteiger partial charge in [-0.15, -0.1) is 6.58 Å². The van der Waals surface area contributed by atoms with Crippen molar-refractivity contribution in [1.82, 2.24) is 0 Å². The third kappa shape index (κ3) is 16.6. The Morgan fingerprint density at radius 3 is 0.827 bits per heavy atom. The summed E-state index contributed by atoms with van der Waals surface area (Å²) in [6, 6.07) is 81.4. The Morgan fingerprint density at radius 1 is 0.296 bits per heavy atom. The molecule has 11 atom stereocenters. The molecule has 0 spiro atoms. The average Bonchev–Trinajstić information content (AvgIpc) is 3.54. The van der Waals surface area contributed by atoms with Crippen molar-refractivity contribution >= 4 is 0 Å². The number of hydrogen-bond donors (Lipinski definition) is 0. The van der Waals surface area contributed by atoms with Crippen molar-refractivity contribution in [3.05, 3.63) is 300 Å². The van der Waals surface area contributed by atoms with E-state index in [1.54, 1.807) is 0 Å². The van der Waals surface area contributed by atoms with E-state index in [9.17, 15) is 0 Å². The SMILES string of the molecule is C=CC[C@H]1[C@@H](OC2[C@H](OCc3ccccc3)[C@H](OCc3ccccc3)C(OCc3ccccc3)[C@H](OCc3ccccc3)[C@H]2OCc2ccccc2)O[C@H](COCc2ccccc2)[C@@H](OCc2ccccc2)[C@@H]1OCc1ccccc1. The maximum atomic E-state index is 7.84. The van der Waals surface area contributed by atoms with E-state index in [1.807, 2.05) is 152 Å². The molecule has 2 fully saturated rings. The summed E-state index contributed by atoms with van der Waals surface area (Å²) in [5.41, 5.74) is 8.01. The van der Waals surface area contributed by atoms with Crippen LogP contribution in [-0.4, -0.2) is 67.8 Å². The molecule has 1 aliphatic carbocycles. The lowest BCUT2D eigenvalue weighted by Gasteiger charge is -2.52. The third-order valence-corrected chi connectivity index (χ3v) is 14.8. The zero-order valence-corrected chi connectivity index (χ0v) is 45.9. The fraction of sp³-hybridized carbons (Fsp3) is 0.296. The second-order valence-electron chi connectivity index (χ2n) is 20.7. The lowest BCUT2D eigenvalue weighted by Crippen LogP contribution is -2.69. The van der Waals surface area contributed by atoms with Crippen LogP contribution in [0, 0.1) is 5.92 Å². The van der Waals surface area contributed by atoms with Gasteiger partial charge in [0.25, 0.3) is 0 Å². The number of rotatable bonds is 29. The second kappa shape index (κ2) is 30.8. The summed E-state index contributed by atoms with van der Waals surface area (Å²) in [4.78, 5) is 0. The van der Waals surface area contributed by atoms with Gasteiger partial charge in [0.05, 0.1) is 65.6 Å². The van der Waals surface area contributed by atoms with Crippen molar-refractivity contribution in [1.29, 1.82) is 0 Å². The van der Waals surface area contributed by atoms with Crippen LogP contribution in [0.1, 0.15) is 50.9 Å². The van der Waals surface area contributed by atoms with Crippen LogP contribution in [0.3, 0.4) is 0 Å². The molecule has 0 bridgehead atoms. The first-order chi connectivity index (χ1) is 40.1. The van der Waals surface area contributed by atoms with Crippen molar-refractivity contribution < 1.29 is 47.4 Å². The highest BCUT2D eigenvalue weighted by atomic mass is 16.7. The van der Waals surface area contributed by atoms with Gasteiger partial charge in [0.1, 0.15) is 48.8 Å². The first-order valence-electron chi connectivity index (χ1n) is 28.3. The molecule has 0 aromatic heterocycles. The predicted octanol–water partition coefficient (Wildman–Crippen LogP) is 13.6. The maximum absolute atomic E-state index is 7.84. The first kappa shape index (κ1) is 57.3. The van der Waals surface area contributed by atoms with Crippen LogP contribution in [0.15, 0.2) is 255 Å². The third-order valence-electron chi connectivity index (χ3n) is 14.8. The van der Waals surface area contributed by atoms with Crippen LogP contribution in [0.25, 0.3) is 0 Å². The molecule has 81 heavy (non-hydrogen) atoms. The van der Waals surface area contributed by atoms with E-state index in [1.165, 1.54) is 0 Å². The summed E-state index contributed by atoms with van der Waals surface area (Å²) in [5.74, 6) is -0.457. The van der Waals surface area contributed by atoms with E-state index in [0.29, 0.717) is 26.2 Å². The Bertz CT molecular complexity index is 2880. The number of ether oxygens (including phenoxy) is 10. The number of allylic oxidation sites excluding steroid dienone is 1. The van der Waals surface area contributed by atoms with Gasteiger partial charge in [-0.1, -0.05) is 249 Å². The molecule has 1 heterocycles. The van der Waals surface area contributed by atoms with Gasteiger partial charge >= 0.3 is 0 Å². The van der Waals surface area contributed by atoms with E-state index >= 15 is 0 Å². The number of hydrogen-bond acceptors (Lipinski definition) is 10. The van der Waals surface area contributed by atoms with Gasteiger partial charge in [-0.25, -0.2) is 0 Å². The normalized spacial score (nSPS) is 23.6. The molecule has 10 nitrogen and oxygen atoms in total. The molecule has 0 amide bonds. The Kier molecular flexibility index (Phi) is 21.8.